The van der Waals surface area contributed by atoms with Gasteiger partial charge in [0.15, 0.2) is 15.7 Å². The van der Waals surface area contributed by atoms with Gasteiger partial charge in [-0.2, -0.15) is 5.26 Å². The first-order valence-electron chi connectivity index (χ1n) is 6.73. The molecule has 126 valence electrons. The summed E-state index contributed by atoms with van der Waals surface area (Å²) in [6.45, 7) is 0. The minimum atomic E-state index is -4.12. The maximum atomic E-state index is 12.7. The lowest BCUT2D eigenvalue weighted by Crippen LogP contribution is -2.04. The van der Waals surface area contributed by atoms with Gasteiger partial charge < -0.3 is 4.42 Å². The van der Waals surface area contributed by atoms with E-state index in [2.05, 4.69) is 4.98 Å². The minimum absolute atomic E-state index is 0.0138. The third kappa shape index (κ3) is 3.62. The summed E-state index contributed by atoms with van der Waals surface area (Å²) >= 11 is 13.1. The molecule has 0 aliphatic carbocycles. The maximum absolute atomic E-state index is 12.7. The van der Waals surface area contributed by atoms with E-state index in [0.29, 0.717) is 16.5 Å². The molecule has 3 rings (SSSR count). The summed E-state index contributed by atoms with van der Waals surface area (Å²) in [5.41, 5.74) is 0.328. The van der Waals surface area contributed by atoms with Crippen LogP contribution in [0.2, 0.25) is 10.0 Å². The van der Waals surface area contributed by atoms with Gasteiger partial charge >= 0.3 is 0 Å². The first-order chi connectivity index (χ1) is 11.9. The number of benzene rings is 1. The van der Waals surface area contributed by atoms with Crippen molar-refractivity contribution in [1.82, 2.24) is 4.98 Å². The van der Waals surface area contributed by atoms with Gasteiger partial charge in [0.05, 0.1) is 21.9 Å². The highest BCUT2D eigenvalue weighted by Gasteiger charge is 2.24. The van der Waals surface area contributed by atoms with Gasteiger partial charge in [0.2, 0.25) is 9.84 Å². The second-order valence-electron chi connectivity index (χ2n) is 4.75. The molecule has 0 bridgehead atoms. The number of sulfone groups is 1. The van der Waals surface area contributed by atoms with Crippen LogP contribution < -0.4 is 0 Å². The molecule has 0 spiro atoms. The van der Waals surface area contributed by atoms with E-state index in [0.717, 1.165) is 0 Å². The number of allylic oxidation sites excluding steroid dienone is 1. The van der Waals surface area contributed by atoms with Crippen molar-refractivity contribution in [3.05, 3.63) is 62.6 Å². The fourth-order valence-electron chi connectivity index (χ4n) is 1.97. The molecule has 0 N–H and O–H groups in total. The molecular weight excluding hydrogens is 403 g/mol. The number of thiazole rings is 1. The summed E-state index contributed by atoms with van der Waals surface area (Å²) in [5.74, 6) is 0.559. The van der Waals surface area contributed by atoms with Gasteiger partial charge in [-0.15, -0.1) is 11.3 Å². The molecule has 0 unspecified atom stereocenters. The van der Waals surface area contributed by atoms with Crippen LogP contribution in [-0.2, 0) is 9.84 Å². The first-order valence-corrected chi connectivity index (χ1v) is 9.85. The molecule has 1 aromatic carbocycles. The van der Waals surface area contributed by atoms with Gasteiger partial charge in [0, 0.05) is 10.4 Å². The van der Waals surface area contributed by atoms with Crippen molar-refractivity contribution >= 4 is 50.5 Å². The van der Waals surface area contributed by atoms with E-state index in [4.69, 9.17) is 27.6 Å². The summed E-state index contributed by atoms with van der Waals surface area (Å²) < 4.78 is 30.6. The Kier molecular flexibility index (Phi) is 4.97. The van der Waals surface area contributed by atoms with E-state index >= 15 is 0 Å². The monoisotopic (exact) mass is 410 g/mol. The lowest BCUT2D eigenvalue weighted by atomic mass is 10.4. The zero-order chi connectivity index (χ0) is 18.0. The summed E-state index contributed by atoms with van der Waals surface area (Å²) in [5, 5.41) is 11.7. The lowest BCUT2D eigenvalue weighted by molar-refractivity contribution is 0.582. The molecule has 0 atom stereocenters. The summed E-state index contributed by atoms with van der Waals surface area (Å²) in [4.78, 5) is 3.56. The van der Waals surface area contributed by atoms with Gasteiger partial charge in [-0.05, 0) is 36.4 Å². The van der Waals surface area contributed by atoms with Gasteiger partial charge in [0.25, 0.3) is 0 Å². The van der Waals surface area contributed by atoms with Crippen LogP contribution in [0.5, 0.6) is 0 Å². The second kappa shape index (κ2) is 7.02. The normalized spacial score (nSPS) is 12.1. The van der Waals surface area contributed by atoms with Crippen LogP contribution in [-0.4, -0.2) is 13.4 Å². The van der Waals surface area contributed by atoms with Crippen LogP contribution in [0, 0.1) is 11.3 Å². The Balaban J connectivity index is 2.03. The predicted octanol–water partition coefficient (Wildman–Crippen LogP) is 5.05. The van der Waals surface area contributed by atoms with E-state index < -0.39 is 14.7 Å². The van der Waals surface area contributed by atoms with Gasteiger partial charge in [-0.3, -0.25) is 0 Å². The SMILES string of the molecule is N#C/C(=C\c1csc(-c2ccco2)n1)S(=O)(=O)c1cc(Cl)ccc1Cl. The molecule has 5 nitrogen and oxygen atoms in total. The molecule has 25 heavy (non-hydrogen) atoms. The molecule has 3 aromatic rings. The molecule has 9 heteroatoms. The van der Waals surface area contributed by atoms with Crippen molar-refractivity contribution in [1.29, 1.82) is 5.26 Å². The lowest BCUT2D eigenvalue weighted by Gasteiger charge is -2.05. The summed E-state index contributed by atoms with van der Waals surface area (Å²) in [6.07, 6.45) is 2.70. The number of halogens is 2. The van der Waals surface area contributed by atoms with Crippen LogP contribution in [0.25, 0.3) is 16.8 Å². The standard InChI is InChI=1S/C16H8Cl2N2O3S2/c17-10-3-4-13(18)15(6-10)25(21,22)12(8-19)7-11-9-24-16(20-11)14-2-1-5-23-14/h1-7,9H/b12-7+. The quantitative estimate of drug-likeness (QED) is 0.561. The number of furan rings is 1. The second-order valence-corrected chi connectivity index (χ2v) is 8.34. The van der Waals surface area contributed by atoms with E-state index in [1.165, 1.54) is 41.9 Å². The van der Waals surface area contributed by atoms with E-state index in [1.54, 1.807) is 23.6 Å². The largest absolute Gasteiger partial charge is 0.462 e. The van der Waals surface area contributed by atoms with Crippen LogP contribution in [0.4, 0.5) is 0 Å². The van der Waals surface area contributed by atoms with Gasteiger partial charge in [-0.25, -0.2) is 13.4 Å². The van der Waals surface area contributed by atoms with E-state index in [-0.39, 0.29) is 14.9 Å². The van der Waals surface area contributed by atoms with Crippen molar-refractivity contribution in [3.8, 4) is 16.8 Å². The molecule has 0 aliphatic heterocycles. The third-order valence-electron chi connectivity index (χ3n) is 3.12. The zero-order valence-electron chi connectivity index (χ0n) is 12.3. The Morgan fingerprint density at radius 1 is 1.32 bits per heavy atom. The Labute approximate surface area is 157 Å². The molecular formula is C16H8Cl2N2O3S2. The third-order valence-corrected chi connectivity index (χ3v) is 6.37. The minimum Gasteiger partial charge on any atom is -0.462 e. The van der Waals surface area contributed by atoms with Gasteiger partial charge in [-0.1, -0.05) is 23.2 Å². The first kappa shape index (κ1) is 17.7. The number of hydrogen-bond donors (Lipinski definition) is 0. The van der Waals surface area contributed by atoms with Crippen molar-refractivity contribution < 1.29 is 12.8 Å². The number of rotatable bonds is 4. The maximum Gasteiger partial charge on any atom is 0.218 e. The highest BCUT2D eigenvalue weighted by molar-refractivity contribution is 7.95. The fraction of sp³-hybridized carbons (Fsp3) is 0. The molecule has 0 aliphatic rings. The number of nitrogens with zero attached hydrogens (tertiary/aromatic N) is 2. The van der Waals surface area contributed by atoms with Gasteiger partial charge in [0.1, 0.15) is 6.07 Å². The number of nitriles is 1. The topological polar surface area (TPSA) is 84.0 Å². The van der Waals surface area contributed by atoms with Crippen molar-refractivity contribution in [2.45, 2.75) is 4.90 Å². The number of hydrogen-bond acceptors (Lipinski definition) is 6. The Hall–Kier alpha value is -2.11. The van der Waals surface area contributed by atoms with Crippen LogP contribution >= 0.6 is 34.5 Å². The Morgan fingerprint density at radius 2 is 2.12 bits per heavy atom. The van der Waals surface area contributed by atoms with Crippen LogP contribution in [0.15, 0.2) is 56.2 Å². The fourth-order valence-corrected chi connectivity index (χ4v) is 4.61. The van der Waals surface area contributed by atoms with Crippen LogP contribution in [0.3, 0.4) is 0 Å². The zero-order valence-corrected chi connectivity index (χ0v) is 15.5. The average Bonchev–Trinajstić information content (AvgIpc) is 3.25. The molecule has 2 aromatic heterocycles. The summed E-state index contributed by atoms with van der Waals surface area (Å²) in [6, 6.07) is 9.19. The molecule has 2 heterocycles. The molecule has 0 saturated heterocycles. The molecule has 0 radical (unpaired) electrons. The predicted molar refractivity (Wildman–Crippen MR) is 97.1 cm³/mol. The smallest absolute Gasteiger partial charge is 0.218 e. The van der Waals surface area contributed by atoms with E-state index in [1.807, 2.05) is 0 Å². The highest BCUT2D eigenvalue weighted by Crippen LogP contribution is 2.31. The van der Waals surface area contributed by atoms with Crippen LogP contribution in [0.1, 0.15) is 5.69 Å². The summed E-state index contributed by atoms with van der Waals surface area (Å²) in [7, 11) is -4.12. The van der Waals surface area contributed by atoms with Crippen molar-refractivity contribution in [2.75, 3.05) is 0 Å². The molecule has 0 fully saturated rings. The Morgan fingerprint density at radius 3 is 2.80 bits per heavy atom. The Bertz CT molecular complexity index is 1090. The average molecular weight is 411 g/mol. The van der Waals surface area contributed by atoms with Crippen molar-refractivity contribution in [3.63, 3.8) is 0 Å². The number of aromatic nitrogens is 1. The molecule has 0 saturated carbocycles. The van der Waals surface area contributed by atoms with Crippen molar-refractivity contribution in [2.24, 2.45) is 0 Å². The highest BCUT2D eigenvalue weighted by atomic mass is 35.5. The molecule has 0 amide bonds. The van der Waals surface area contributed by atoms with E-state index in [9.17, 15) is 13.7 Å².